The van der Waals surface area contributed by atoms with E-state index in [9.17, 15) is 24.9 Å². The molecule has 1 aromatic rings. The van der Waals surface area contributed by atoms with Gasteiger partial charge in [0.1, 0.15) is 29.3 Å². The second kappa shape index (κ2) is 8.83. The molecule has 0 aliphatic carbocycles. The van der Waals surface area contributed by atoms with E-state index in [-0.39, 0.29) is 23.7 Å². The van der Waals surface area contributed by atoms with Gasteiger partial charge >= 0.3 is 5.97 Å². The molecule has 146 valence electrons. The van der Waals surface area contributed by atoms with Crippen molar-refractivity contribution in [3.8, 4) is 11.5 Å². The Balaban J connectivity index is 2.50. The molecule has 0 saturated heterocycles. The molecule has 2 rings (SSSR count). The zero-order valence-electron chi connectivity index (χ0n) is 15.5. The van der Waals surface area contributed by atoms with Crippen LogP contribution in [0, 0.1) is 5.92 Å². The number of aromatic hydroxyl groups is 1. The number of phenols is 1. The number of aliphatic hydroxyl groups excluding tert-OH is 2. The van der Waals surface area contributed by atoms with Crippen molar-refractivity contribution < 1.29 is 34.4 Å². The molecule has 3 N–H and O–H groups in total. The van der Waals surface area contributed by atoms with E-state index in [1.54, 1.807) is 19.9 Å². The Morgan fingerprint density at radius 2 is 1.85 bits per heavy atom. The van der Waals surface area contributed by atoms with Crippen molar-refractivity contribution in [1.29, 1.82) is 0 Å². The van der Waals surface area contributed by atoms with Gasteiger partial charge in [-0.2, -0.15) is 0 Å². The van der Waals surface area contributed by atoms with Crippen LogP contribution in [0.5, 0.6) is 11.5 Å². The molecule has 0 spiro atoms. The van der Waals surface area contributed by atoms with Crippen LogP contribution in [-0.4, -0.2) is 52.5 Å². The average molecular weight is 376 g/mol. The molecule has 0 saturated carbocycles. The first-order chi connectivity index (χ1) is 12.7. The lowest BCUT2D eigenvalue weighted by molar-refractivity contribution is -0.127. The van der Waals surface area contributed by atoms with Crippen LogP contribution in [0.4, 0.5) is 0 Å². The van der Waals surface area contributed by atoms with Crippen LogP contribution in [0.25, 0.3) is 6.08 Å². The summed E-state index contributed by atoms with van der Waals surface area (Å²) in [5.74, 6) is -1.63. The summed E-state index contributed by atoms with van der Waals surface area (Å²) in [5, 5.41) is 30.2. The minimum atomic E-state index is -1.56. The summed E-state index contributed by atoms with van der Waals surface area (Å²) in [6, 6.07) is 2.85. The third-order valence-corrected chi connectivity index (χ3v) is 4.49. The number of ether oxygens (including phenoxy) is 2. The van der Waals surface area contributed by atoms with E-state index in [1.165, 1.54) is 37.5 Å². The van der Waals surface area contributed by atoms with Crippen LogP contribution in [0.2, 0.25) is 0 Å². The molecule has 1 aliphatic rings. The van der Waals surface area contributed by atoms with Crippen molar-refractivity contribution in [3.05, 3.63) is 41.5 Å². The van der Waals surface area contributed by atoms with Crippen LogP contribution < -0.4 is 4.74 Å². The topological polar surface area (TPSA) is 113 Å². The lowest BCUT2D eigenvalue weighted by atomic mass is 9.99. The molecule has 0 aromatic heterocycles. The molecule has 0 bridgehead atoms. The van der Waals surface area contributed by atoms with E-state index in [0.29, 0.717) is 11.3 Å². The zero-order valence-corrected chi connectivity index (χ0v) is 15.5. The summed E-state index contributed by atoms with van der Waals surface area (Å²) in [4.78, 5) is 24.6. The van der Waals surface area contributed by atoms with Crippen molar-refractivity contribution in [1.82, 2.24) is 0 Å². The number of hydrogen-bond donors (Lipinski definition) is 3. The summed E-state index contributed by atoms with van der Waals surface area (Å²) in [5.41, 5.74) is 0.301. The Kier molecular flexibility index (Phi) is 6.76. The number of benzene rings is 1. The van der Waals surface area contributed by atoms with Crippen LogP contribution in [0.15, 0.2) is 30.4 Å². The second-order valence-corrected chi connectivity index (χ2v) is 6.49. The molecule has 1 aliphatic heterocycles. The van der Waals surface area contributed by atoms with Gasteiger partial charge in [-0.15, -0.1) is 0 Å². The highest BCUT2D eigenvalue weighted by atomic mass is 16.5. The van der Waals surface area contributed by atoms with E-state index >= 15 is 0 Å². The lowest BCUT2D eigenvalue weighted by Crippen LogP contribution is -2.32. The molecule has 7 heteroatoms. The summed E-state index contributed by atoms with van der Waals surface area (Å²) in [6.45, 7) is 3.40. The molecule has 0 amide bonds. The quantitative estimate of drug-likeness (QED) is 0.641. The Morgan fingerprint density at radius 3 is 2.52 bits per heavy atom. The highest BCUT2D eigenvalue weighted by Gasteiger charge is 2.25. The minimum Gasteiger partial charge on any atom is -0.507 e. The van der Waals surface area contributed by atoms with Gasteiger partial charge in [0, 0.05) is 12.0 Å². The molecular formula is C20H24O7. The van der Waals surface area contributed by atoms with E-state index in [4.69, 9.17) is 9.47 Å². The average Bonchev–Trinajstić information content (AvgIpc) is 2.63. The van der Waals surface area contributed by atoms with Gasteiger partial charge in [0.05, 0.1) is 13.2 Å². The molecular weight excluding hydrogens is 352 g/mol. The maximum Gasteiger partial charge on any atom is 0.342 e. The monoisotopic (exact) mass is 376 g/mol. The third-order valence-electron chi connectivity index (χ3n) is 4.49. The minimum absolute atomic E-state index is 0.0286. The first-order valence-corrected chi connectivity index (χ1v) is 8.61. The summed E-state index contributed by atoms with van der Waals surface area (Å²) < 4.78 is 10.5. The van der Waals surface area contributed by atoms with Crippen LogP contribution in [0.3, 0.4) is 0 Å². The number of rotatable bonds is 1. The number of aliphatic hydroxyl groups is 2. The molecule has 0 fully saturated rings. The van der Waals surface area contributed by atoms with Gasteiger partial charge in [0.15, 0.2) is 5.78 Å². The Morgan fingerprint density at radius 1 is 1.15 bits per heavy atom. The Hall–Kier alpha value is -2.64. The van der Waals surface area contributed by atoms with Gasteiger partial charge in [-0.05, 0) is 31.1 Å². The number of cyclic esters (lactones) is 1. The molecule has 0 radical (unpaired) electrons. The predicted molar refractivity (Wildman–Crippen MR) is 98.5 cm³/mol. The maximum absolute atomic E-state index is 12.6. The molecule has 4 atom stereocenters. The second-order valence-electron chi connectivity index (χ2n) is 6.49. The number of hydrogen-bond acceptors (Lipinski definition) is 7. The summed E-state index contributed by atoms with van der Waals surface area (Å²) in [7, 11) is 1.42. The van der Waals surface area contributed by atoms with Crippen LogP contribution >= 0.6 is 0 Å². The van der Waals surface area contributed by atoms with Gasteiger partial charge < -0.3 is 24.8 Å². The Labute approximate surface area is 157 Å². The van der Waals surface area contributed by atoms with E-state index < -0.39 is 30.1 Å². The van der Waals surface area contributed by atoms with Crippen molar-refractivity contribution >= 4 is 17.8 Å². The maximum atomic E-state index is 12.6. The van der Waals surface area contributed by atoms with Crippen molar-refractivity contribution in [2.24, 2.45) is 5.92 Å². The summed E-state index contributed by atoms with van der Waals surface area (Å²) in [6.07, 6.45) is 2.19. The zero-order chi connectivity index (χ0) is 20.1. The predicted octanol–water partition coefficient (Wildman–Crippen LogP) is 1.85. The molecule has 7 nitrogen and oxygen atoms in total. The number of carbonyl (C=O) groups excluding carboxylic acids is 2. The molecule has 1 aromatic carbocycles. The van der Waals surface area contributed by atoms with Gasteiger partial charge in [0.25, 0.3) is 0 Å². The van der Waals surface area contributed by atoms with Crippen molar-refractivity contribution in [3.63, 3.8) is 0 Å². The number of phenolic OH excluding ortho intramolecular Hbond substituents is 1. The number of ketones is 1. The smallest absolute Gasteiger partial charge is 0.342 e. The fraction of sp³-hybridized carbons (Fsp3) is 0.400. The molecule has 1 heterocycles. The first-order valence-electron chi connectivity index (χ1n) is 8.61. The normalized spacial score (nSPS) is 29.2. The Bertz CT molecular complexity index is 766. The fourth-order valence-corrected chi connectivity index (χ4v) is 2.58. The van der Waals surface area contributed by atoms with E-state index in [0.717, 1.165) is 0 Å². The number of fused-ring (bicyclic) bond motifs is 1. The van der Waals surface area contributed by atoms with E-state index in [1.807, 2.05) is 0 Å². The SMILES string of the molecule is COc1cc(O)c2c(c1)/C=C/CC(O)[C@H](O)C(=O)/C=C\C(C)C(C)OC2=O. The number of carbonyl (C=O) groups is 2. The number of esters is 1. The fourth-order valence-electron chi connectivity index (χ4n) is 2.58. The standard InChI is InChI=1S/C20H24O7/c1-11-7-8-16(22)19(24)15(21)6-4-5-13-9-14(26-3)10-17(23)18(13)20(25)27-12(11)2/h4-5,7-12,15,19,21,23-24H,6H2,1-3H3/b5-4+,8-7-/t11?,12?,15?,19-/m0/s1. The first kappa shape index (κ1) is 20.7. The van der Waals surface area contributed by atoms with E-state index in [2.05, 4.69) is 0 Å². The van der Waals surface area contributed by atoms with Gasteiger partial charge in [0.2, 0.25) is 0 Å². The van der Waals surface area contributed by atoms with Crippen LogP contribution in [0.1, 0.15) is 36.2 Å². The number of methoxy groups -OCH3 is 1. The van der Waals surface area contributed by atoms with Gasteiger partial charge in [-0.1, -0.05) is 25.2 Å². The summed E-state index contributed by atoms with van der Waals surface area (Å²) >= 11 is 0. The highest BCUT2D eigenvalue weighted by molar-refractivity contribution is 5.97. The van der Waals surface area contributed by atoms with Crippen molar-refractivity contribution in [2.45, 2.75) is 38.6 Å². The molecule has 27 heavy (non-hydrogen) atoms. The molecule has 3 unspecified atom stereocenters. The van der Waals surface area contributed by atoms with Crippen LogP contribution in [-0.2, 0) is 9.53 Å². The van der Waals surface area contributed by atoms with Gasteiger partial charge in [-0.25, -0.2) is 4.79 Å². The largest absolute Gasteiger partial charge is 0.507 e. The third kappa shape index (κ3) is 4.96. The lowest BCUT2D eigenvalue weighted by Gasteiger charge is -2.20. The highest BCUT2D eigenvalue weighted by Crippen LogP contribution is 2.30. The van der Waals surface area contributed by atoms with Gasteiger partial charge in [-0.3, -0.25) is 4.79 Å². The van der Waals surface area contributed by atoms with Crippen molar-refractivity contribution in [2.75, 3.05) is 7.11 Å².